The molecule has 0 heterocycles. The highest BCUT2D eigenvalue weighted by Crippen LogP contribution is 2.12. The number of hydrogen-bond acceptors (Lipinski definition) is 1. The molecule has 0 aromatic carbocycles. The van der Waals surface area contributed by atoms with E-state index in [2.05, 4.69) is 0 Å². The molecular formula is C5H10FNSi. The first-order chi connectivity index (χ1) is 3.68. The van der Waals surface area contributed by atoms with Crippen molar-refractivity contribution in [2.24, 2.45) is 0 Å². The van der Waals surface area contributed by atoms with Crippen molar-refractivity contribution in [2.45, 2.75) is 25.4 Å². The summed E-state index contributed by atoms with van der Waals surface area (Å²) in [6.07, 6.45) is 0.379. The largest absolute Gasteiger partial charge is 0.318 e. The molecule has 3 heteroatoms. The summed E-state index contributed by atoms with van der Waals surface area (Å²) in [4.78, 5) is 0. The highest BCUT2D eigenvalue weighted by atomic mass is 28.3. The molecule has 2 unspecified atom stereocenters. The minimum Gasteiger partial charge on any atom is -0.318 e. The number of nitriles is 1. The average Bonchev–Trinajstić information content (AvgIpc) is 1.67. The van der Waals surface area contributed by atoms with Gasteiger partial charge in [-0.25, -0.2) is 0 Å². The molecular weight excluding hydrogens is 121 g/mol. The van der Waals surface area contributed by atoms with E-state index < -0.39 is 9.13 Å². The molecule has 2 atom stereocenters. The van der Waals surface area contributed by atoms with Crippen molar-refractivity contribution >= 4 is 9.13 Å². The van der Waals surface area contributed by atoms with Gasteiger partial charge in [0.15, 0.2) is 0 Å². The van der Waals surface area contributed by atoms with Gasteiger partial charge < -0.3 is 4.11 Å². The van der Waals surface area contributed by atoms with Crippen molar-refractivity contribution in [3.05, 3.63) is 0 Å². The highest BCUT2D eigenvalue weighted by molar-refractivity contribution is 6.51. The van der Waals surface area contributed by atoms with Crippen LogP contribution >= 0.6 is 0 Å². The molecule has 0 spiro atoms. The Bertz CT molecular complexity index is 97.1. The smallest absolute Gasteiger partial charge is 0.232 e. The van der Waals surface area contributed by atoms with Crippen LogP contribution in [0.1, 0.15) is 13.3 Å². The summed E-state index contributed by atoms with van der Waals surface area (Å²) in [6, 6.07) is 1.94. The quantitative estimate of drug-likeness (QED) is 0.412. The molecule has 0 bridgehead atoms. The van der Waals surface area contributed by atoms with Crippen LogP contribution in [-0.2, 0) is 0 Å². The lowest BCUT2D eigenvalue weighted by Crippen LogP contribution is -2.05. The fourth-order valence-electron chi connectivity index (χ4n) is 0.306. The molecule has 0 aromatic rings. The monoisotopic (exact) mass is 131 g/mol. The Morgan fingerprint density at radius 3 is 2.50 bits per heavy atom. The van der Waals surface area contributed by atoms with Gasteiger partial charge in [-0.3, -0.25) is 0 Å². The fraction of sp³-hybridized carbons (Fsp3) is 0.800. The predicted molar refractivity (Wildman–Crippen MR) is 33.8 cm³/mol. The van der Waals surface area contributed by atoms with E-state index in [-0.39, 0.29) is 5.54 Å². The maximum atomic E-state index is 12.3. The SMILES string of the molecule is CC(CC#N)[SiH](C)F. The Morgan fingerprint density at radius 2 is 2.38 bits per heavy atom. The third-order valence-electron chi connectivity index (χ3n) is 1.20. The van der Waals surface area contributed by atoms with Gasteiger partial charge in [-0.05, 0) is 12.1 Å². The van der Waals surface area contributed by atoms with E-state index in [1.54, 1.807) is 13.5 Å². The number of halogens is 1. The second kappa shape index (κ2) is 3.62. The Kier molecular flexibility index (Phi) is 3.45. The minimum atomic E-state index is -2.00. The van der Waals surface area contributed by atoms with Crippen LogP contribution in [0.5, 0.6) is 0 Å². The van der Waals surface area contributed by atoms with Crippen molar-refractivity contribution in [2.75, 3.05) is 0 Å². The number of nitrogens with zero attached hydrogens (tertiary/aromatic N) is 1. The normalized spacial score (nSPS) is 16.8. The summed E-state index contributed by atoms with van der Waals surface area (Å²) < 4.78 is 12.3. The summed E-state index contributed by atoms with van der Waals surface area (Å²) in [5.74, 6) is 0. The lowest BCUT2D eigenvalue weighted by atomic mass is 10.4. The van der Waals surface area contributed by atoms with Crippen LogP contribution in [0.4, 0.5) is 4.11 Å². The topological polar surface area (TPSA) is 23.8 Å². The van der Waals surface area contributed by atoms with Gasteiger partial charge in [-0.15, -0.1) is 0 Å². The second-order valence-corrected chi connectivity index (χ2v) is 4.51. The highest BCUT2D eigenvalue weighted by Gasteiger charge is 2.11. The van der Waals surface area contributed by atoms with Crippen LogP contribution in [0.3, 0.4) is 0 Å². The van der Waals surface area contributed by atoms with E-state index >= 15 is 0 Å². The first-order valence-corrected chi connectivity index (χ1v) is 4.95. The van der Waals surface area contributed by atoms with E-state index in [0.717, 1.165) is 0 Å². The Morgan fingerprint density at radius 1 is 1.88 bits per heavy atom. The standard InChI is InChI=1S/C5H10FNSi/c1-5(3-4-7)8(2)6/h5,8H,3H2,1-2H3. The molecule has 0 N–H and O–H groups in total. The van der Waals surface area contributed by atoms with E-state index in [4.69, 9.17) is 5.26 Å². The molecule has 8 heavy (non-hydrogen) atoms. The Hall–Kier alpha value is -0.363. The van der Waals surface area contributed by atoms with Gasteiger partial charge in [0.2, 0.25) is 9.13 Å². The average molecular weight is 131 g/mol. The first-order valence-electron chi connectivity index (χ1n) is 2.69. The van der Waals surface area contributed by atoms with Crippen molar-refractivity contribution in [1.82, 2.24) is 0 Å². The zero-order valence-corrected chi connectivity index (χ0v) is 6.34. The van der Waals surface area contributed by atoms with Gasteiger partial charge in [0.1, 0.15) is 0 Å². The molecule has 0 rings (SSSR count). The van der Waals surface area contributed by atoms with Crippen molar-refractivity contribution in [3.63, 3.8) is 0 Å². The van der Waals surface area contributed by atoms with Crippen molar-refractivity contribution in [1.29, 1.82) is 5.26 Å². The van der Waals surface area contributed by atoms with Gasteiger partial charge in [-0.2, -0.15) is 5.26 Å². The molecule has 46 valence electrons. The summed E-state index contributed by atoms with van der Waals surface area (Å²) in [7, 11) is -2.00. The van der Waals surface area contributed by atoms with Crippen LogP contribution < -0.4 is 0 Å². The van der Waals surface area contributed by atoms with Gasteiger partial charge in [0.25, 0.3) is 0 Å². The molecule has 0 amide bonds. The maximum Gasteiger partial charge on any atom is 0.232 e. The number of rotatable bonds is 2. The Labute approximate surface area is 50.9 Å². The summed E-state index contributed by atoms with van der Waals surface area (Å²) in [5.41, 5.74) is 0.0278. The zero-order chi connectivity index (χ0) is 6.57. The zero-order valence-electron chi connectivity index (χ0n) is 5.19. The van der Waals surface area contributed by atoms with Crippen molar-refractivity contribution < 1.29 is 4.11 Å². The summed E-state index contributed by atoms with van der Waals surface area (Å²) in [5, 5.41) is 8.09. The first kappa shape index (κ1) is 7.64. The molecule has 0 saturated carbocycles. The molecule has 0 aliphatic heterocycles. The third-order valence-corrected chi connectivity index (χ3v) is 3.00. The lowest BCUT2D eigenvalue weighted by Gasteiger charge is -2.02. The summed E-state index contributed by atoms with van der Waals surface area (Å²) >= 11 is 0. The van der Waals surface area contributed by atoms with Crippen LogP contribution in [-0.4, -0.2) is 9.13 Å². The molecule has 0 aliphatic carbocycles. The molecule has 0 aromatic heterocycles. The van der Waals surface area contributed by atoms with Gasteiger partial charge in [0.05, 0.1) is 6.07 Å². The van der Waals surface area contributed by atoms with Crippen LogP contribution in [0.15, 0.2) is 0 Å². The van der Waals surface area contributed by atoms with Gasteiger partial charge in [-0.1, -0.05) is 6.92 Å². The lowest BCUT2D eigenvalue weighted by molar-refractivity contribution is 0.763. The number of hydrogen-bond donors (Lipinski definition) is 0. The van der Waals surface area contributed by atoms with Gasteiger partial charge in [0, 0.05) is 6.42 Å². The van der Waals surface area contributed by atoms with Crippen LogP contribution in [0.2, 0.25) is 12.1 Å². The van der Waals surface area contributed by atoms with E-state index in [9.17, 15) is 4.11 Å². The van der Waals surface area contributed by atoms with Crippen LogP contribution in [0.25, 0.3) is 0 Å². The van der Waals surface area contributed by atoms with Gasteiger partial charge >= 0.3 is 0 Å². The molecule has 0 radical (unpaired) electrons. The molecule has 0 aliphatic rings. The predicted octanol–water partition coefficient (Wildman–Crippen LogP) is 1.61. The molecule has 0 fully saturated rings. The minimum absolute atomic E-state index is 0.0278. The maximum absolute atomic E-state index is 12.3. The second-order valence-electron chi connectivity index (χ2n) is 2.02. The molecule has 1 nitrogen and oxygen atoms in total. The van der Waals surface area contributed by atoms with Crippen molar-refractivity contribution in [3.8, 4) is 6.07 Å². The Balaban J connectivity index is 3.35. The van der Waals surface area contributed by atoms with E-state index in [0.29, 0.717) is 6.42 Å². The fourth-order valence-corrected chi connectivity index (χ4v) is 0.737. The van der Waals surface area contributed by atoms with E-state index in [1.165, 1.54) is 0 Å². The molecule has 0 saturated heterocycles. The summed E-state index contributed by atoms with van der Waals surface area (Å²) in [6.45, 7) is 3.40. The van der Waals surface area contributed by atoms with E-state index in [1.807, 2.05) is 6.07 Å². The third kappa shape index (κ3) is 2.75. The van der Waals surface area contributed by atoms with Crippen LogP contribution in [0, 0.1) is 11.3 Å².